The molecule has 37 N–H and O–H groups in total. The Morgan fingerprint density at radius 2 is 0.764 bits per heavy atom. The lowest BCUT2D eigenvalue weighted by molar-refractivity contribution is -0.143. The number of unbranched alkanes of at least 4 members (excludes halogenated alkanes) is 2. The number of amides is 16. The summed E-state index contributed by atoms with van der Waals surface area (Å²) in [6, 6.07) is -17.4. The summed E-state index contributed by atoms with van der Waals surface area (Å²) < 4.78 is 0. The number of aromatic nitrogens is 3. The summed E-state index contributed by atoms with van der Waals surface area (Å²) in [4.78, 5) is 275. The molecule has 0 aliphatic rings. The van der Waals surface area contributed by atoms with Crippen LogP contribution in [-0.2, 0) is 104 Å². The number of H-pyrrole nitrogens is 2. The summed E-state index contributed by atoms with van der Waals surface area (Å²) in [7, 11) is 0. The molecule has 51 nitrogen and oxygen atoms in total. The second-order valence-electron chi connectivity index (χ2n) is 35.4. The molecule has 140 heavy (non-hydrogen) atoms. The number of guanidine groups is 2. The molecule has 0 saturated heterocycles. The zero-order chi connectivity index (χ0) is 105. The Labute approximate surface area is 815 Å². The van der Waals surface area contributed by atoms with E-state index < -0.39 is 266 Å². The number of nitrogens with two attached hydrogens (primary N) is 6. The number of benzene rings is 1. The number of nitrogens with zero attached hydrogens (tertiary/aromatic N) is 1. The number of nitrogens with one attached hydrogen (secondary N) is 21. The lowest BCUT2D eigenvalue weighted by Gasteiger charge is -2.29. The number of rotatable bonds is 70. The van der Waals surface area contributed by atoms with E-state index in [2.05, 4.69) is 105 Å². The highest BCUT2D eigenvalue weighted by Crippen LogP contribution is 2.22. The number of carbonyl (C=O) groups excluding carboxylic acids is 16. The van der Waals surface area contributed by atoms with E-state index in [0.717, 1.165) is 0 Å². The Balaban J connectivity index is 2.05. The van der Waals surface area contributed by atoms with Gasteiger partial charge in [0, 0.05) is 62.1 Å². The van der Waals surface area contributed by atoms with Crippen LogP contribution in [0, 0.1) is 34.5 Å². The van der Waals surface area contributed by atoms with Gasteiger partial charge in [0.25, 0.3) is 0 Å². The van der Waals surface area contributed by atoms with E-state index in [1.165, 1.54) is 38.1 Å². The summed E-state index contributed by atoms with van der Waals surface area (Å²) in [6.45, 7) is 12.0. The third-order valence-corrected chi connectivity index (χ3v) is 22.5. The van der Waals surface area contributed by atoms with Crippen molar-refractivity contribution < 1.29 is 112 Å². The monoisotopic (exact) mass is 2000 g/mol. The highest BCUT2D eigenvalue weighted by Gasteiger charge is 2.41. The fraction of sp³-hybridized carbons (Fsp3) is 0.636. The molecule has 0 spiro atoms. The van der Waals surface area contributed by atoms with Crippen LogP contribution in [0.4, 0.5) is 0 Å². The lowest BCUT2D eigenvalue weighted by Crippen LogP contribution is -2.62. The van der Waals surface area contributed by atoms with Crippen molar-refractivity contribution in [1.29, 1.82) is 10.8 Å². The summed E-state index contributed by atoms with van der Waals surface area (Å²) in [5.41, 5.74) is 34.9. The van der Waals surface area contributed by atoms with Crippen molar-refractivity contribution >= 4 is 147 Å². The Bertz CT molecular complexity index is 4620. The van der Waals surface area contributed by atoms with E-state index in [1.807, 2.05) is 0 Å². The van der Waals surface area contributed by atoms with Crippen molar-refractivity contribution in [2.45, 2.75) is 281 Å². The summed E-state index contributed by atoms with van der Waals surface area (Å²) in [6.07, 6.45) is 2.14. The molecule has 3 aromatic rings. The van der Waals surface area contributed by atoms with Gasteiger partial charge in [-0.15, -0.1) is 0 Å². The first-order valence-corrected chi connectivity index (χ1v) is 47.9. The molecule has 52 heteroatoms. The predicted octanol–water partition coefficient (Wildman–Crippen LogP) is -6.08. The van der Waals surface area contributed by atoms with Gasteiger partial charge in [-0.3, -0.25) is 97.1 Å². The topological polar surface area (TPSA) is 858 Å². The van der Waals surface area contributed by atoms with Gasteiger partial charge in [-0.2, -0.15) is 11.8 Å². The van der Waals surface area contributed by atoms with Gasteiger partial charge in [-0.25, -0.2) is 9.78 Å². The van der Waals surface area contributed by atoms with Crippen LogP contribution in [0.25, 0.3) is 10.9 Å². The first kappa shape index (κ1) is 121. The van der Waals surface area contributed by atoms with Gasteiger partial charge < -0.3 is 155 Å². The van der Waals surface area contributed by atoms with E-state index in [4.69, 9.17) is 45.2 Å². The van der Waals surface area contributed by atoms with Gasteiger partial charge in [0.05, 0.1) is 31.6 Å². The predicted molar refractivity (Wildman–Crippen MR) is 515 cm³/mol. The molecule has 15 atom stereocenters. The summed E-state index contributed by atoms with van der Waals surface area (Å²) in [5.74, 6) is -23.6. The van der Waals surface area contributed by atoms with Crippen molar-refractivity contribution in [2.24, 2.45) is 58.1 Å². The van der Waals surface area contributed by atoms with E-state index in [0.29, 0.717) is 42.1 Å². The Morgan fingerprint density at radius 3 is 1.16 bits per heavy atom. The molecule has 782 valence electrons. The fourth-order valence-corrected chi connectivity index (χ4v) is 15.0. The largest absolute Gasteiger partial charge is 0.481 e. The van der Waals surface area contributed by atoms with Gasteiger partial charge >= 0.3 is 17.9 Å². The van der Waals surface area contributed by atoms with Crippen molar-refractivity contribution in [3.8, 4) is 0 Å². The van der Waals surface area contributed by atoms with Crippen LogP contribution >= 0.6 is 11.8 Å². The molecule has 0 aliphatic heterocycles. The summed E-state index contributed by atoms with van der Waals surface area (Å²) >= 11 is 1.17. The fourth-order valence-electron chi connectivity index (χ4n) is 14.5. The van der Waals surface area contributed by atoms with Gasteiger partial charge in [-0.1, -0.05) is 73.6 Å². The number of primary amides is 1. The van der Waals surface area contributed by atoms with Crippen molar-refractivity contribution in [3.63, 3.8) is 0 Å². The number of aliphatic hydroxyl groups excluding tert-OH is 1. The number of imidazole rings is 1. The van der Waals surface area contributed by atoms with Crippen LogP contribution in [0.3, 0.4) is 0 Å². The molecule has 0 radical (unpaired) electrons. The first-order chi connectivity index (χ1) is 66.1. The number of hydrogen-bond acceptors (Lipinski definition) is 27. The number of aliphatic carboxylic acids is 3. The lowest BCUT2D eigenvalue weighted by atomic mass is 9.99. The van der Waals surface area contributed by atoms with E-state index in [9.17, 15) is 102 Å². The molecule has 3 rings (SSSR count). The maximum absolute atomic E-state index is 15.2. The van der Waals surface area contributed by atoms with Crippen LogP contribution in [0.5, 0.6) is 0 Å². The molecular formula is C88H146N28O23S. The Hall–Kier alpha value is -13.4. The number of hydrogen-bond donors (Lipinski definition) is 31. The Kier molecular flexibility index (Phi) is 55.2. The number of para-hydroxylation sites is 1. The third-order valence-electron chi connectivity index (χ3n) is 21.8. The van der Waals surface area contributed by atoms with Crippen LogP contribution < -0.4 is 125 Å². The maximum atomic E-state index is 15.2. The molecule has 0 unspecified atom stereocenters. The van der Waals surface area contributed by atoms with E-state index >= 15 is 9.59 Å². The molecule has 0 saturated carbocycles. The second kappa shape index (κ2) is 64.0. The molecular weight excluding hydrogens is 1850 g/mol. The van der Waals surface area contributed by atoms with Gasteiger partial charge in [-0.05, 0) is 163 Å². The number of carboxylic acid groups (broad SMARTS) is 3. The minimum atomic E-state index is -2.00. The number of fused-ring (bicyclic) bond motifs is 1. The number of thioether (sulfide) groups is 1. The van der Waals surface area contributed by atoms with Gasteiger partial charge in [0.2, 0.25) is 94.5 Å². The average Bonchev–Trinajstić information content (AvgIpc) is 1.68. The number of aliphatic hydroxyl groups is 1. The molecule has 0 aliphatic carbocycles. The smallest absolute Gasteiger partial charge is 0.326 e. The second-order valence-corrected chi connectivity index (χ2v) is 36.4. The maximum Gasteiger partial charge on any atom is 0.326 e. The highest BCUT2D eigenvalue weighted by molar-refractivity contribution is 7.98. The zero-order valence-electron chi connectivity index (χ0n) is 80.7. The SMILES string of the molecule is CSCC[C@H](NC(=O)[C@H](CO)NC(=O)[C@H](CC(N)=O)NC(=O)[C@H](CC(C)C)NC(=O)[C@H](Cc1c[nH]cn1)NC(=O)[C@H](CCCCN)NC(=O)CN)C(=O)N[C@@H](CCC(=O)O)C(=O)N[C@@H](CCCNC(=N)N)C(=O)N[C@H](C(=O)N[C@@H](CCC(=O)O)C(=O)N[C@@H](Cc1c[nH]c2ccccc12)C(=O)N[C@@H](CC(C)C)C(=O)N[C@@H](CCCNC(=N)N)C(=O)N[C@@H](CCCCN)C(=O)N[C@@H](CC(C)C)C(=O)O)C(C)C. The molecule has 1 aromatic carbocycles. The number of carbonyl (C=O) groups is 19. The third kappa shape index (κ3) is 45.9. The minimum absolute atomic E-state index is 0.00155. The quantitative estimate of drug-likeness (QED) is 0.0142. The molecule has 2 aromatic heterocycles. The Morgan fingerprint density at radius 1 is 0.407 bits per heavy atom. The highest BCUT2D eigenvalue weighted by atomic mass is 32.2. The van der Waals surface area contributed by atoms with Crippen LogP contribution in [-0.4, -0.2) is 302 Å². The van der Waals surface area contributed by atoms with Crippen molar-refractivity contribution in [3.05, 3.63) is 54.2 Å². The molecule has 0 fully saturated rings. The van der Waals surface area contributed by atoms with E-state index in [1.54, 1.807) is 78.3 Å². The van der Waals surface area contributed by atoms with Crippen molar-refractivity contribution in [1.82, 2.24) is 105 Å². The normalized spacial score (nSPS) is 14.5. The average molecular weight is 2000 g/mol. The molecule has 2 heterocycles. The van der Waals surface area contributed by atoms with Crippen molar-refractivity contribution in [2.75, 3.05) is 51.3 Å². The first-order valence-electron chi connectivity index (χ1n) is 46.5. The zero-order valence-corrected chi connectivity index (χ0v) is 81.5. The van der Waals surface area contributed by atoms with Gasteiger partial charge in [0.1, 0.15) is 90.6 Å². The van der Waals surface area contributed by atoms with E-state index in [-0.39, 0.29) is 132 Å². The molecule has 0 bridgehead atoms. The minimum Gasteiger partial charge on any atom is -0.481 e. The number of carboxylic acids is 3. The molecule has 16 amide bonds. The van der Waals surface area contributed by atoms with Crippen LogP contribution in [0.1, 0.15) is 189 Å². The standard InChI is InChI=1S/C88H146N28O23S/c1-45(2)34-60(79(131)105-55(22-16-31-98-87(93)94)73(125)103-54(21-13-15-30-90)74(126)114-65(86(138)139)36-47(5)6)109-81(133)62(37-49-41-100-52-19-11-10-18-51(49)52)111-76(128)58(25-27-70(122)123)108-85(137)71(48(7)8)116-78(130)56(23-17-32-99-88(95)96)104-75(127)57(24-26-69(120)121)106-77(129)59(28-33-140-9)107-84(136)66(43-117)115-83(135)64(39-67(92)118)113-80(132)61(35-46(3)4)110-82(134)63(38-50-42-97-44-101-50)112-72(124)53(20-12-14-29-89)102-68(119)40-91/h10-11,18-19,41-42,44-48,53-66,71,100,117H,12-17,20-40,43,89-91H2,1-9H3,(H2,92,118)(H,97,101)(H,102,119)(H,103,125)(H,104,127)(H,105,131)(H,106,129)(H,107,136)(H,108,137)(H,109,133)(H,110,134)(H,111,128)(H,112,124)(H,113,132)(H,114,126)(H,115,135)(H,116,130)(H,120,121)(H,122,123)(H,138,139)(H4,93,94,98)(H4,95,96,99)/t53-,54-,55-,56-,57-,58-,59-,60-,61-,62-,63-,64-,65-,66-,71-/m0/s1. The summed E-state index contributed by atoms with van der Waals surface area (Å²) in [5, 5.41) is 99.6. The van der Waals surface area contributed by atoms with Gasteiger partial charge in [0.15, 0.2) is 11.9 Å². The van der Waals surface area contributed by atoms with Crippen LogP contribution in [0.2, 0.25) is 0 Å². The van der Waals surface area contributed by atoms with Crippen LogP contribution in [0.15, 0.2) is 43.0 Å². The number of aromatic amines is 2.